The number of aromatic nitrogens is 3. The van der Waals surface area contributed by atoms with E-state index in [1.165, 1.54) is 11.9 Å². The van der Waals surface area contributed by atoms with Crippen LogP contribution in [0, 0.1) is 5.41 Å². The van der Waals surface area contributed by atoms with Crippen LogP contribution < -0.4 is 10.6 Å². The van der Waals surface area contributed by atoms with Gasteiger partial charge in [0.05, 0.1) is 0 Å². The lowest BCUT2D eigenvalue weighted by Crippen LogP contribution is -2.49. The maximum atomic E-state index is 12.2. The standard InChI is InChI=1S/C18H27N5O/c1-18(2,3)15(12-14-8-6-5-7-9-14)22-17(24)19-11-10-16-20-13-21-23(16)4/h5-9,13,15H,10-12H2,1-4H3,(H2,19,22,24). The van der Waals surface area contributed by atoms with Gasteiger partial charge in [-0.15, -0.1) is 0 Å². The number of amides is 2. The van der Waals surface area contributed by atoms with Crippen molar-refractivity contribution in [3.8, 4) is 0 Å². The van der Waals surface area contributed by atoms with Gasteiger partial charge in [-0.3, -0.25) is 4.68 Å². The summed E-state index contributed by atoms with van der Waals surface area (Å²) in [5.41, 5.74) is 1.19. The predicted octanol–water partition coefficient (Wildman–Crippen LogP) is 2.31. The molecule has 1 aromatic carbocycles. The number of carbonyl (C=O) groups excluding carboxylic acids is 1. The first-order chi connectivity index (χ1) is 11.4. The zero-order valence-electron chi connectivity index (χ0n) is 14.9. The van der Waals surface area contributed by atoms with Gasteiger partial charge in [0, 0.05) is 26.1 Å². The van der Waals surface area contributed by atoms with Gasteiger partial charge in [-0.05, 0) is 17.4 Å². The molecule has 1 aromatic heterocycles. The van der Waals surface area contributed by atoms with E-state index in [2.05, 4.69) is 53.6 Å². The molecule has 0 spiro atoms. The Morgan fingerprint density at radius 2 is 1.96 bits per heavy atom. The van der Waals surface area contributed by atoms with Gasteiger partial charge in [0.25, 0.3) is 0 Å². The Morgan fingerprint density at radius 3 is 2.54 bits per heavy atom. The number of nitrogens with one attached hydrogen (secondary N) is 2. The number of urea groups is 1. The molecule has 6 nitrogen and oxygen atoms in total. The summed E-state index contributed by atoms with van der Waals surface area (Å²) in [6, 6.07) is 10.1. The summed E-state index contributed by atoms with van der Waals surface area (Å²) in [6.45, 7) is 6.95. The Bertz CT molecular complexity index is 645. The maximum Gasteiger partial charge on any atom is 0.315 e. The van der Waals surface area contributed by atoms with Crippen molar-refractivity contribution in [2.45, 2.75) is 39.7 Å². The second-order valence-electron chi connectivity index (χ2n) is 7.06. The van der Waals surface area contributed by atoms with Gasteiger partial charge >= 0.3 is 6.03 Å². The van der Waals surface area contributed by atoms with Crippen LogP contribution in [0.3, 0.4) is 0 Å². The van der Waals surface area contributed by atoms with Crippen molar-refractivity contribution in [2.75, 3.05) is 6.54 Å². The molecular weight excluding hydrogens is 302 g/mol. The fraction of sp³-hybridized carbons (Fsp3) is 0.500. The summed E-state index contributed by atoms with van der Waals surface area (Å²) in [5.74, 6) is 0.854. The maximum absolute atomic E-state index is 12.2. The number of hydrogen-bond acceptors (Lipinski definition) is 3. The minimum atomic E-state index is -0.145. The SMILES string of the molecule is Cn1ncnc1CCNC(=O)NC(Cc1ccccc1)C(C)(C)C. The van der Waals surface area contributed by atoms with Gasteiger partial charge in [-0.1, -0.05) is 51.1 Å². The zero-order valence-corrected chi connectivity index (χ0v) is 14.9. The van der Waals surface area contributed by atoms with Crippen LogP contribution in [-0.2, 0) is 19.9 Å². The van der Waals surface area contributed by atoms with Crippen LogP contribution in [-0.4, -0.2) is 33.4 Å². The van der Waals surface area contributed by atoms with E-state index < -0.39 is 0 Å². The molecular formula is C18H27N5O. The summed E-state index contributed by atoms with van der Waals surface area (Å²) < 4.78 is 1.72. The molecule has 6 heteroatoms. The first-order valence-corrected chi connectivity index (χ1v) is 8.27. The summed E-state index contributed by atoms with van der Waals surface area (Å²) >= 11 is 0. The largest absolute Gasteiger partial charge is 0.338 e. The number of hydrogen-bond donors (Lipinski definition) is 2. The normalized spacial score (nSPS) is 12.7. The lowest BCUT2D eigenvalue weighted by molar-refractivity contribution is 0.217. The number of nitrogens with zero attached hydrogens (tertiary/aromatic N) is 3. The average molecular weight is 329 g/mol. The predicted molar refractivity (Wildman–Crippen MR) is 94.6 cm³/mol. The highest BCUT2D eigenvalue weighted by atomic mass is 16.2. The molecule has 1 unspecified atom stereocenters. The molecule has 0 aliphatic heterocycles. The Labute approximate surface area is 143 Å². The minimum absolute atomic E-state index is 0.0310. The van der Waals surface area contributed by atoms with Gasteiger partial charge in [-0.2, -0.15) is 5.10 Å². The fourth-order valence-corrected chi connectivity index (χ4v) is 2.47. The van der Waals surface area contributed by atoms with Gasteiger partial charge < -0.3 is 10.6 Å². The van der Waals surface area contributed by atoms with Crippen LogP contribution in [0.25, 0.3) is 0 Å². The summed E-state index contributed by atoms with van der Waals surface area (Å²) in [4.78, 5) is 16.4. The Morgan fingerprint density at radius 1 is 1.25 bits per heavy atom. The molecule has 2 rings (SSSR count). The molecule has 24 heavy (non-hydrogen) atoms. The molecule has 130 valence electrons. The van der Waals surface area contributed by atoms with E-state index in [0.29, 0.717) is 13.0 Å². The van der Waals surface area contributed by atoms with Gasteiger partial charge in [-0.25, -0.2) is 9.78 Å². The van der Waals surface area contributed by atoms with E-state index in [-0.39, 0.29) is 17.5 Å². The average Bonchev–Trinajstić information content (AvgIpc) is 2.92. The second kappa shape index (κ2) is 7.95. The van der Waals surface area contributed by atoms with Crippen LogP contribution >= 0.6 is 0 Å². The molecule has 0 aliphatic carbocycles. The van der Waals surface area contributed by atoms with Gasteiger partial charge in [0.1, 0.15) is 12.2 Å². The van der Waals surface area contributed by atoms with Crippen LogP contribution in [0.15, 0.2) is 36.7 Å². The Kier molecular flexibility index (Phi) is 5.95. The van der Waals surface area contributed by atoms with Crippen molar-refractivity contribution in [3.05, 3.63) is 48.0 Å². The minimum Gasteiger partial charge on any atom is -0.338 e. The van der Waals surface area contributed by atoms with Crippen molar-refractivity contribution >= 4 is 6.03 Å². The van der Waals surface area contributed by atoms with E-state index in [9.17, 15) is 4.79 Å². The smallest absolute Gasteiger partial charge is 0.315 e. The summed E-state index contributed by atoms with van der Waals surface area (Å²) in [5, 5.41) is 10.0. The molecule has 2 N–H and O–H groups in total. The second-order valence-corrected chi connectivity index (χ2v) is 7.06. The molecule has 0 fully saturated rings. The number of benzene rings is 1. The van der Waals surface area contributed by atoms with Gasteiger partial charge in [0.15, 0.2) is 0 Å². The summed E-state index contributed by atoms with van der Waals surface area (Å²) in [7, 11) is 1.85. The van der Waals surface area contributed by atoms with E-state index in [1.807, 2.05) is 25.2 Å². The van der Waals surface area contributed by atoms with Crippen molar-refractivity contribution in [1.29, 1.82) is 0 Å². The van der Waals surface area contributed by atoms with Crippen molar-refractivity contribution in [2.24, 2.45) is 12.5 Å². The molecule has 2 aromatic rings. The molecule has 0 saturated carbocycles. The highest BCUT2D eigenvalue weighted by molar-refractivity contribution is 5.74. The van der Waals surface area contributed by atoms with E-state index in [1.54, 1.807) is 4.68 Å². The van der Waals surface area contributed by atoms with Crippen molar-refractivity contribution in [3.63, 3.8) is 0 Å². The van der Waals surface area contributed by atoms with Crippen LogP contribution in [0.1, 0.15) is 32.2 Å². The van der Waals surface area contributed by atoms with E-state index >= 15 is 0 Å². The monoisotopic (exact) mass is 329 g/mol. The molecule has 0 saturated heterocycles. The highest BCUT2D eigenvalue weighted by Gasteiger charge is 2.26. The molecule has 2 amide bonds. The third kappa shape index (κ3) is 5.37. The number of carbonyl (C=O) groups is 1. The fourth-order valence-electron chi connectivity index (χ4n) is 2.47. The lowest BCUT2D eigenvalue weighted by Gasteiger charge is -2.31. The van der Waals surface area contributed by atoms with Crippen LogP contribution in [0.4, 0.5) is 4.79 Å². The summed E-state index contributed by atoms with van der Waals surface area (Å²) in [6.07, 6.45) is 2.98. The van der Waals surface area contributed by atoms with Crippen LogP contribution in [0.2, 0.25) is 0 Å². The Hall–Kier alpha value is -2.37. The topological polar surface area (TPSA) is 71.8 Å². The van der Waals surface area contributed by atoms with E-state index in [0.717, 1.165) is 12.2 Å². The van der Waals surface area contributed by atoms with Crippen LogP contribution in [0.5, 0.6) is 0 Å². The molecule has 0 aliphatic rings. The number of rotatable bonds is 6. The van der Waals surface area contributed by atoms with E-state index in [4.69, 9.17) is 0 Å². The highest BCUT2D eigenvalue weighted by Crippen LogP contribution is 2.22. The first-order valence-electron chi connectivity index (χ1n) is 8.27. The lowest BCUT2D eigenvalue weighted by atomic mass is 9.83. The zero-order chi connectivity index (χ0) is 17.6. The molecule has 1 atom stereocenters. The van der Waals surface area contributed by atoms with Crippen molar-refractivity contribution < 1.29 is 4.79 Å². The van der Waals surface area contributed by atoms with Gasteiger partial charge in [0.2, 0.25) is 0 Å². The quantitative estimate of drug-likeness (QED) is 0.854. The third-order valence-electron chi connectivity index (χ3n) is 4.07. The molecule has 0 radical (unpaired) electrons. The number of aryl methyl sites for hydroxylation is 1. The molecule has 1 heterocycles. The first kappa shape index (κ1) is 18.0. The van der Waals surface area contributed by atoms with Crippen molar-refractivity contribution in [1.82, 2.24) is 25.4 Å². The third-order valence-corrected chi connectivity index (χ3v) is 4.07. The molecule has 0 bridgehead atoms. The Balaban J connectivity index is 1.87.